The molecule has 0 unspecified atom stereocenters. The average molecular weight is 276 g/mol. The molecule has 0 amide bonds. The van der Waals surface area contributed by atoms with Gasteiger partial charge in [0.2, 0.25) is 0 Å². The van der Waals surface area contributed by atoms with Gasteiger partial charge in [-0.25, -0.2) is 0 Å². The van der Waals surface area contributed by atoms with E-state index >= 15 is 0 Å². The Morgan fingerprint density at radius 1 is 1.00 bits per heavy atom. The first-order valence-corrected chi connectivity index (χ1v) is 11.3. The lowest BCUT2D eigenvalue weighted by atomic mass is 9.87. The molecule has 2 heteroatoms. The summed E-state index contributed by atoms with van der Waals surface area (Å²) in [5.74, 6) is 0.939. The normalized spacial score (nSPS) is 24.4. The van der Waals surface area contributed by atoms with Crippen LogP contribution in [0.5, 0.6) is 0 Å². The maximum Gasteiger partial charge on any atom is 0.0775 e. The van der Waals surface area contributed by atoms with Crippen molar-refractivity contribution in [1.82, 2.24) is 5.32 Å². The van der Waals surface area contributed by atoms with Gasteiger partial charge in [0, 0.05) is 12.6 Å². The predicted molar refractivity (Wildman–Crippen MR) is 87.7 cm³/mol. The molecule has 0 spiro atoms. The van der Waals surface area contributed by atoms with Crippen LogP contribution in [0, 0.1) is 5.92 Å². The lowest BCUT2D eigenvalue weighted by molar-refractivity contribution is 0.306. The van der Waals surface area contributed by atoms with Crippen molar-refractivity contribution in [3.8, 4) is 0 Å². The molecular weight excluding hydrogens is 246 g/mol. The van der Waals surface area contributed by atoms with Crippen LogP contribution in [0.2, 0.25) is 19.6 Å². The summed E-state index contributed by atoms with van der Waals surface area (Å²) in [5, 5.41) is 5.29. The van der Waals surface area contributed by atoms with Crippen LogP contribution in [0.4, 0.5) is 0 Å². The van der Waals surface area contributed by atoms with Crippen LogP contribution in [0.3, 0.4) is 0 Å². The van der Waals surface area contributed by atoms with Crippen molar-refractivity contribution in [2.24, 2.45) is 5.92 Å². The van der Waals surface area contributed by atoms with Gasteiger partial charge in [-0.15, -0.1) is 0 Å². The molecule has 2 rings (SSSR count). The summed E-state index contributed by atoms with van der Waals surface area (Å²) in [6, 6.07) is 10.0. The summed E-state index contributed by atoms with van der Waals surface area (Å²) in [7, 11) is -1.14. The van der Waals surface area contributed by atoms with E-state index in [4.69, 9.17) is 0 Å². The van der Waals surface area contributed by atoms with E-state index in [-0.39, 0.29) is 0 Å². The quantitative estimate of drug-likeness (QED) is 0.822. The fourth-order valence-corrected chi connectivity index (χ4v) is 4.02. The summed E-state index contributed by atoms with van der Waals surface area (Å²) in [6.45, 7) is 10.6. The van der Waals surface area contributed by atoms with Crippen molar-refractivity contribution in [1.29, 1.82) is 0 Å². The highest BCUT2D eigenvalue weighted by Crippen LogP contribution is 2.23. The van der Waals surface area contributed by atoms with E-state index in [1.54, 1.807) is 5.19 Å². The molecule has 1 aliphatic rings. The van der Waals surface area contributed by atoms with Gasteiger partial charge in [0.1, 0.15) is 0 Å². The summed E-state index contributed by atoms with van der Waals surface area (Å²) < 4.78 is 0. The van der Waals surface area contributed by atoms with Gasteiger partial charge < -0.3 is 5.32 Å². The van der Waals surface area contributed by atoms with E-state index < -0.39 is 8.07 Å². The smallest absolute Gasteiger partial charge is 0.0775 e. The standard InChI is InChI=1S/C17H29NSi/c1-14-5-9-16(10-6-14)18-13-15-7-11-17(12-8-15)19(2,3)4/h7-8,11-12,14,16,18H,5-6,9-10,13H2,1-4H3. The predicted octanol–water partition coefficient (Wildman–Crippen LogP) is 3.90. The Kier molecular flexibility index (Phi) is 4.85. The zero-order valence-electron chi connectivity index (χ0n) is 13.0. The van der Waals surface area contributed by atoms with E-state index in [9.17, 15) is 0 Å². The molecule has 1 aliphatic carbocycles. The van der Waals surface area contributed by atoms with Crippen LogP contribution < -0.4 is 10.5 Å². The number of hydrogen-bond donors (Lipinski definition) is 1. The maximum absolute atomic E-state index is 3.73. The maximum atomic E-state index is 3.73. The molecule has 0 atom stereocenters. The lowest BCUT2D eigenvalue weighted by Crippen LogP contribution is -2.37. The van der Waals surface area contributed by atoms with Gasteiger partial charge >= 0.3 is 0 Å². The van der Waals surface area contributed by atoms with E-state index in [2.05, 4.69) is 56.1 Å². The Bertz CT molecular complexity index is 383. The molecule has 1 nitrogen and oxygen atoms in total. The third kappa shape index (κ3) is 4.46. The Hall–Kier alpha value is -0.603. The van der Waals surface area contributed by atoms with Gasteiger partial charge in [-0.2, -0.15) is 0 Å². The third-order valence-corrected chi connectivity index (χ3v) is 6.50. The first kappa shape index (κ1) is 14.8. The fraction of sp³-hybridized carbons (Fsp3) is 0.647. The van der Waals surface area contributed by atoms with E-state index in [1.165, 1.54) is 31.2 Å². The van der Waals surface area contributed by atoms with Crippen molar-refractivity contribution in [3.63, 3.8) is 0 Å². The topological polar surface area (TPSA) is 12.0 Å². The van der Waals surface area contributed by atoms with Crippen LogP contribution in [-0.2, 0) is 6.54 Å². The second-order valence-electron chi connectivity index (χ2n) is 7.28. The molecule has 19 heavy (non-hydrogen) atoms. The zero-order chi connectivity index (χ0) is 13.9. The molecule has 1 aromatic carbocycles. The molecule has 1 aromatic rings. The molecular formula is C17H29NSi. The monoisotopic (exact) mass is 275 g/mol. The van der Waals surface area contributed by atoms with Gasteiger partial charge in [0.15, 0.2) is 0 Å². The minimum atomic E-state index is -1.14. The number of benzene rings is 1. The van der Waals surface area contributed by atoms with Crippen LogP contribution in [0.1, 0.15) is 38.2 Å². The van der Waals surface area contributed by atoms with Crippen molar-refractivity contribution in [3.05, 3.63) is 29.8 Å². The van der Waals surface area contributed by atoms with Crippen LogP contribution in [-0.4, -0.2) is 14.1 Å². The summed E-state index contributed by atoms with van der Waals surface area (Å²) in [5.41, 5.74) is 1.43. The summed E-state index contributed by atoms with van der Waals surface area (Å²) in [4.78, 5) is 0. The molecule has 0 aliphatic heterocycles. The SMILES string of the molecule is CC1CCC(NCc2ccc([Si](C)(C)C)cc2)CC1. The Balaban J connectivity index is 1.83. The Morgan fingerprint density at radius 2 is 1.58 bits per heavy atom. The minimum absolute atomic E-state index is 0.743. The number of nitrogens with one attached hydrogen (secondary N) is 1. The van der Waals surface area contributed by atoms with Crippen molar-refractivity contribution in [2.75, 3.05) is 0 Å². The van der Waals surface area contributed by atoms with Crippen LogP contribution in [0.15, 0.2) is 24.3 Å². The van der Waals surface area contributed by atoms with E-state index in [0.717, 1.165) is 18.5 Å². The van der Waals surface area contributed by atoms with Crippen molar-refractivity contribution >= 4 is 13.3 Å². The summed E-state index contributed by atoms with van der Waals surface area (Å²) >= 11 is 0. The van der Waals surface area contributed by atoms with Crippen molar-refractivity contribution in [2.45, 2.75) is 64.8 Å². The second kappa shape index (κ2) is 6.23. The van der Waals surface area contributed by atoms with Crippen molar-refractivity contribution < 1.29 is 0 Å². The molecule has 1 saturated carbocycles. The molecule has 0 radical (unpaired) electrons. The fourth-order valence-electron chi connectivity index (χ4n) is 2.85. The highest BCUT2D eigenvalue weighted by Gasteiger charge is 2.18. The van der Waals surface area contributed by atoms with Gasteiger partial charge in [-0.3, -0.25) is 0 Å². The van der Waals surface area contributed by atoms with Gasteiger partial charge in [-0.1, -0.05) is 56.0 Å². The number of rotatable bonds is 4. The molecule has 0 saturated heterocycles. The zero-order valence-corrected chi connectivity index (χ0v) is 14.0. The lowest BCUT2D eigenvalue weighted by Gasteiger charge is -2.27. The van der Waals surface area contributed by atoms with Crippen LogP contribution >= 0.6 is 0 Å². The molecule has 0 heterocycles. The molecule has 0 bridgehead atoms. The minimum Gasteiger partial charge on any atom is -0.310 e. The molecule has 1 fully saturated rings. The highest BCUT2D eigenvalue weighted by molar-refractivity contribution is 6.88. The highest BCUT2D eigenvalue weighted by atomic mass is 28.3. The number of hydrogen-bond acceptors (Lipinski definition) is 1. The van der Waals surface area contributed by atoms with Gasteiger partial charge in [0.05, 0.1) is 8.07 Å². The second-order valence-corrected chi connectivity index (χ2v) is 12.4. The molecule has 106 valence electrons. The Labute approximate surface area is 119 Å². The van der Waals surface area contributed by atoms with Gasteiger partial charge in [0.25, 0.3) is 0 Å². The first-order valence-electron chi connectivity index (χ1n) is 7.78. The first-order chi connectivity index (χ1) is 8.95. The summed E-state index contributed by atoms with van der Waals surface area (Å²) in [6.07, 6.45) is 5.50. The van der Waals surface area contributed by atoms with E-state index in [1.807, 2.05) is 0 Å². The average Bonchev–Trinajstić information content (AvgIpc) is 2.37. The third-order valence-electron chi connectivity index (χ3n) is 4.43. The molecule has 0 aromatic heterocycles. The van der Waals surface area contributed by atoms with Crippen LogP contribution in [0.25, 0.3) is 0 Å². The molecule has 1 N–H and O–H groups in total. The van der Waals surface area contributed by atoms with Gasteiger partial charge in [-0.05, 0) is 37.2 Å². The van der Waals surface area contributed by atoms with E-state index in [0.29, 0.717) is 0 Å². The Morgan fingerprint density at radius 3 is 2.11 bits per heavy atom. The largest absolute Gasteiger partial charge is 0.310 e.